The molecule has 2 aliphatic rings. The minimum atomic E-state index is -1.10. The molecule has 1 aliphatic carbocycles. The van der Waals surface area contributed by atoms with Gasteiger partial charge in [-0.2, -0.15) is 0 Å². The van der Waals surface area contributed by atoms with Crippen molar-refractivity contribution in [2.24, 2.45) is 0 Å². The SMILES string of the molecule is O=C1CC(c2ccccc2)CC2=C1C(c1ccccc1F)CC(=O)N2c1cccc(C(=O)O)c1. The maximum atomic E-state index is 14.8. The predicted octanol–water partition coefficient (Wildman–Crippen LogP) is 5.45. The monoisotopic (exact) mass is 455 g/mol. The first kappa shape index (κ1) is 21.8. The number of ketones is 1. The van der Waals surface area contributed by atoms with Crippen LogP contribution in [0.1, 0.15) is 52.6 Å². The second kappa shape index (κ2) is 8.71. The number of rotatable bonds is 4. The van der Waals surface area contributed by atoms with Crippen molar-refractivity contribution in [3.63, 3.8) is 0 Å². The van der Waals surface area contributed by atoms with Crippen molar-refractivity contribution in [1.29, 1.82) is 0 Å². The molecule has 0 bridgehead atoms. The van der Waals surface area contributed by atoms with E-state index in [2.05, 4.69) is 0 Å². The van der Waals surface area contributed by atoms with Crippen LogP contribution in [0.2, 0.25) is 0 Å². The molecule has 5 rings (SSSR count). The molecule has 0 saturated carbocycles. The number of carboxylic acid groups (broad SMARTS) is 1. The van der Waals surface area contributed by atoms with Gasteiger partial charge in [0.1, 0.15) is 5.82 Å². The Balaban J connectivity index is 1.68. The second-order valence-corrected chi connectivity index (χ2v) is 8.66. The van der Waals surface area contributed by atoms with Crippen LogP contribution in [-0.4, -0.2) is 22.8 Å². The number of carbonyl (C=O) groups excluding carboxylic acids is 2. The van der Waals surface area contributed by atoms with Gasteiger partial charge in [-0.3, -0.25) is 14.5 Å². The van der Waals surface area contributed by atoms with E-state index < -0.39 is 17.7 Å². The smallest absolute Gasteiger partial charge is 0.335 e. The van der Waals surface area contributed by atoms with Crippen LogP contribution >= 0.6 is 0 Å². The van der Waals surface area contributed by atoms with Crippen LogP contribution in [0.25, 0.3) is 0 Å². The summed E-state index contributed by atoms with van der Waals surface area (Å²) in [7, 11) is 0. The van der Waals surface area contributed by atoms with Crippen molar-refractivity contribution in [3.05, 3.63) is 113 Å². The molecular weight excluding hydrogens is 433 g/mol. The molecule has 1 heterocycles. The van der Waals surface area contributed by atoms with Crippen molar-refractivity contribution in [2.45, 2.75) is 31.1 Å². The lowest BCUT2D eigenvalue weighted by Gasteiger charge is -2.40. The Morgan fingerprint density at radius 3 is 2.35 bits per heavy atom. The third-order valence-corrected chi connectivity index (χ3v) is 6.63. The number of hydrogen-bond acceptors (Lipinski definition) is 3. The summed E-state index contributed by atoms with van der Waals surface area (Å²) in [4.78, 5) is 40.1. The maximum absolute atomic E-state index is 14.8. The van der Waals surface area contributed by atoms with Crippen LogP contribution in [0, 0.1) is 5.82 Å². The van der Waals surface area contributed by atoms with Crippen molar-refractivity contribution in [3.8, 4) is 0 Å². The molecule has 170 valence electrons. The molecule has 3 aromatic carbocycles. The first-order chi connectivity index (χ1) is 16.4. The Hall–Kier alpha value is -4.06. The van der Waals surface area contributed by atoms with E-state index in [0.717, 1.165) is 5.56 Å². The number of allylic oxidation sites excluding steroid dienone is 2. The van der Waals surface area contributed by atoms with Crippen molar-refractivity contribution < 1.29 is 23.9 Å². The first-order valence-electron chi connectivity index (χ1n) is 11.2. The van der Waals surface area contributed by atoms with Gasteiger partial charge in [0, 0.05) is 35.7 Å². The lowest BCUT2D eigenvalue weighted by Crippen LogP contribution is -2.42. The number of hydrogen-bond donors (Lipinski definition) is 1. The highest BCUT2D eigenvalue weighted by Gasteiger charge is 2.43. The first-order valence-corrected chi connectivity index (χ1v) is 11.2. The number of carbonyl (C=O) groups is 3. The maximum Gasteiger partial charge on any atom is 0.335 e. The van der Waals surface area contributed by atoms with E-state index in [1.165, 1.54) is 23.1 Å². The Labute approximate surface area is 196 Å². The number of benzene rings is 3. The Morgan fingerprint density at radius 1 is 0.882 bits per heavy atom. The standard InChI is InChI=1S/C28H22FNO4/c29-23-12-5-4-11-21(23)22-16-26(32)30(20-10-6-9-18(13-20)28(33)34)24-14-19(15-25(31)27(22)24)17-7-2-1-3-8-17/h1-13,19,22H,14-16H2,(H,33,34). The summed E-state index contributed by atoms with van der Waals surface area (Å²) in [6, 6.07) is 22.0. The minimum absolute atomic E-state index is 0.0467. The molecule has 1 N–H and O–H groups in total. The van der Waals surface area contributed by atoms with Gasteiger partial charge < -0.3 is 5.11 Å². The van der Waals surface area contributed by atoms with Crippen LogP contribution in [0.3, 0.4) is 0 Å². The number of carboxylic acids is 1. The molecule has 1 amide bonds. The number of anilines is 1. The zero-order chi connectivity index (χ0) is 23.8. The van der Waals surface area contributed by atoms with Crippen molar-refractivity contribution >= 4 is 23.3 Å². The van der Waals surface area contributed by atoms with E-state index in [0.29, 0.717) is 28.9 Å². The van der Waals surface area contributed by atoms with E-state index >= 15 is 0 Å². The highest BCUT2D eigenvalue weighted by Crippen LogP contribution is 2.47. The molecule has 1 aliphatic heterocycles. The normalized spacial score (nSPS) is 20.3. The van der Waals surface area contributed by atoms with Crippen LogP contribution < -0.4 is 4.90 Å². The van der Waals surface area contributed by atoms with Gasteiger partial charge in [-0.05, 0) is 47.7 Å². The lowest BCUT2D eigenvalue weighted by atomic mass is 9.72. The summed E-state index contributed by atoms with van der Waals surface area (Å²) in [5.74, 6) is -2.78. The van der Waals surface area contributed by atoms with Gasteiger partial charge in [-0.1, -0.05) is 54.6 Å². The molecule has 6 heteroatoms. The predicted molar refractivity (Wildman–Crippen MR) is 125 cm³/mol. The summed E-state index contributed by atoms with van der Waals surface area (Å²) in [6.07, 6.45) is 0.614. The average Bonchev–Trinajstić information content (AvgIpc) is 2.84. The number of nitrogens with zero attached hydrogens (tertiary/aromatic N) is 1. The van der Waals surface area contributed by atoms with E-state index in [4.69, 9.17) is 0 Å². The Morgan fingerprint density at radius 2 is 1.62 bits per heavy atom. The summed E-state index contributed by atoms with van der Waals surface area (Å²) < 4.78 is 14.8. The van der Waals surface area contributed by atoms with Crippen molar-refractivity contribution in [2.75, 3.05) is 4.90 Å². The number of Topliss-reactive ketones (excluding diaryl/α,β-unsaturated/α-hetero) is 1. The zero-order valence-corrected chi connectivity index (χ0v) is 18.3. The largest absolute Gasteiger partial charge is 0.478 e. The van der Waals surface area contributed by atoms with Gasteiger partial charge >= 0.3 is 5.97 Å². The van der Waals surface area contributed by atoms with E-state index in [1.807, 2.05) is 30.3 Å². The second-order valence-electron chi connectivity index (χ2n) is 8.66. The third kappa shape index (κ3) is 3.81. The molecule has 0 saturated heterocycles. The van der Waals surface area contributed by atoms with Crippen LogP contribution in [0.15, 0.2) is 90.1 Å². The molecular formula is C28H22FNO4. The molecule has 0 spiro atoms. The number of aromatic carboxylic acids is 1. The summed E-state index contributed by atoms with van der Waals surface area (Å²) in [5, 5.41) is 9.45. The fourth-order valence-corrected chi connectivity index (χ4v) is 5.10. The van der Waals surface area contributed by atoms with Gasteiger partial charge in [-0.25, -0.2) is 9.18 Å². The van der Waals surface area contributed by atoms with Crippen LogP contribution in [0.5, 0.6) is 0 Å². The van der Waals surface area contributed by atoms with Gasteiger partial charge in [0.05, 0.1) is 5.56 Å². The Bertz CT molecular complexity index is 1330. The van der Waals surface area contributed by atoms with Crippen molar-refractivity contribution in [1.82, 2.24) is 0 Å². The molecule has 5 nitrogen and oxygen atoms in total. The molecule has 2 atom stereocenters. The minimum Gasteiger partial charge on any atom is -0.478 e. The number of amides is 1. The third-order valence-electron chi connectivity index (χ3n) is 6.63. The average molecular weight is 455 g/mol. The lowest BCUT2D eigenvalue weighted by molar-refractivity contribution is -0.120. The van der Waals surface area contributed by atoms with E-state index in [1.54, 1.807) is 30.3 Å². The molecule has 2 unspecified atom stereocenters. The fraction of sp³-hybridized carbons (Fsp3) is 0.179. The quantitative estimate of drug-likeness (QED) is 0.568. The van der Waals surface area contributed by atoms with Gasteiger partial charge in [0.15, 0.2) is 5.78 Å². The molecule has 0 radical (unpaired) electrons. The van der Waals surface area contributed by atoms with Gasteiger partial charge in [0.2, 0.25) is 5.91 Å². The zero-order valence-electron chi connectivity index (χ0n) is 18.3. The molecule has 3 aromatic rings. The summed E-state index contributed by atoms with van der Waals surface area (Å²) in [5.41, 5.74) is 2.72. The van der Waals surface area contributed by atoms with Gasteiger partial charge in [0.25, 0.3) is 0 Å². The van der Waals surface area contributed by atoms with Gasteiger partial charge in [-0.15, -0.1) is 0 Å². The topological polar surface area (TPSA) is 74.7 Å². The highest BCUT2D eigenvalue weighted by atomic mass is 19.1. The molecule has 34 heavy (non-hydrogen) atoms. The summed E-state index contributed by atoms with van der Waals surface area (Å²) >= 11 is 0. The van der Waals surface area contributed by atoms with Crippen LogP contribution in [0.4, 0.5) is 10.1 Å². The molecule has 0 aromatic heterocycles. The number of halogens is 1. The van der Waals surface area contributed by atoms with Crippen LogP contribution in [-0.2, 0) is 9.59 Å². The Kier molecular flexibility index (Phi) is 5.57. The van der Waals surface area contributed by atoms with E-state index in [-0.39, 0.29) is 36.0 Å². The summed E-state index contributed by atoms with van der Waals surface area (Å²) in [6.45, 7) is 0. The highest BCUT2D eigenvalue weighted by molar-refractivity contribution is 6.08. The van der Waals surface area contributed by atoms with E-state index in [9.17, 15) is 23.9 Å². The fourth-order valence-electron chi connectivity index (χ4n) is 5.10. The molecule has 0 fully saturated rings.